The fourth-order valence-corrected chi connectivity index (χ4v) is 6.41. The number of rotatable bonds is 13. The maximum Gasteiger partial charge on any atom is 0.338 e. The standard InChI is InChI=1S/C42H37N5O8/c1-47-45-40(44-46-47)31-14-8-16-33(49)37(31)39(50)38-35(53-24-26-10-4-2-5-11-26)22-29(23-36(38)54-25-27-12-6-3-7-13-27)42(52)55-34-17-9-15-32(34)43-41(51)28-18-20-30(48)21-19-28/h2-8,10-14,16,18-23,32,34,48-49H,9,15,17,24-25H2,1H3,(H,43,51)/t32-,34-/m0/s1. The highest BCUT2D eigenvalue weighted by atomic mass is 16.5. The second-order valence-corrected chi connectivity index (χ2v) is 13.0. The molecule has 55 heavy (non-hydrogen) atoms. The van der Waals surface area contributed by atoms with Crippen LogP contribution in [0.3, 0.4) is 0 Å². The first-order valence-corrected chi connectivity index (χ1v) is 17.7. The van der Waals surface area contributed by atoms with Crippen LogP contribution in [0.5, 0.6) is 23.0 Å². The Kier molecular flexibility index (Phi) is 10.8. The summed E-state index contributed by atoms with van der Waals surface area (Å²) in [6, 6.07) is 31.4. The number of tetrazole rings is 1. The molecule has 1 saturated carbocycles. The zero-order chi connectivity index (χ0) is 38.3. The van der Waals surface area contributed by atoms with Crippen molar-refractivity contribution in [3.05, 3.63) is 149 Å². The smallest absolute Gasteiger partial charge is 0.338 e. The zero-order valence-corrected chi connectivity index (χ0v) is 29.8. The number of hydrogen-bond donors (Lipinski definition) is 3. The van der Waals surface area contributed by atoms with Crippen molar-refractivity contribution in [2.45, 2.75) is 44.6 Å². The van der Waals surface area contributed by atoms with Crippen LogP contribution in [0.25, 0.3) is 11.4 Å². The Morgan fingerprint density at radius 3 is 2.00 bits per heavy atom. The van der Waals surface area contributed by atoms with Crippen LogP contribution in [0.15, 0.2) is 115 Å². The molecule has 2 atom stereocenters. The van der Waals surface area contributed by atoms with E-state index in [1.807, 2.05) is 60.7 Å². The molecule has 1 fully saturated rings. The van der Waals surface area contributed by atoms with Crippen molar-refractivity contribution in [3.8, 4) is 34.4 Å². The predicted molar refractivity (Wildman–Crippen MR) is 200 cm³/mol. The van der Waals surface area contributed by atoms with Crippen molar-refractivity contribution in [3.63, 3.8) is 0 Å². The number of phenolic OH excluding ortho intramolecular Hbond substituents is 2. The van der Waals surface area contributed by atoms with Gasteiger partial charge in [-0.05, 0) is 78.1 Å². The molecule has 5 aromatic carbocycles. The van der Waals surface area contributed by atoms with Gasteiger partial charge in [-0.3, -0.25) is 9.59 Å². The van der Waals surface area contributed by atoms with Crippen LogP contribution in [-0.4, -0.2) is 60.2 Å². The fraction of sp³-hybridized carbons (Fsp3) is 0.190. The molecule has 0 unspecified atom stereocenters. The third-order valence-electron chi connectivity index (χ3n) is 9.18. The van der Waals surface area contributed by atoms with Gasteiger partial charge < -0.3 is 29.7 Å². The Labute approximate surface area is 316 Å². The Hall–Kier alpha value is -7.02. The number of carbonyl (C=O) groups excluding carboxylic acids is 3. The summed E-state index contributed by atoms with van der Waals surface area (Å²) >= 11 is 0. The van der Waals surface area contributed by atoms with Crippen LogP contribution in [0.1, 0.15) is 67.0 Å². The van der Waals surface area contributed by atoms with Crippen molar-refractivity contribution in [1.82, 2.24) is 25.5 Å². The lowest BCUT2D eigenvalue weighted by Crippen LogP contribution is -2.42. The molecule has 1 amide bonds. The van der Waals surface area contributed by atoms with Gasteiger partial charge >= 0.3 is 5.97 Å². The number of ether oxygens (including phenoxy) is 3. The maximum atomic E-state index is 14.8. The first kappa shape index (κ1) is 36.3. The van der Waals surface area contributed by atoms with Crippen molar-refractivity contribution in [2.24, 2.45) is 7.05 Å². The summed E-state index contributed by atoms with van der Waals surface area (Å²) in [5.74, 6) is -1.89. The number of phenols is 2. The van der Waals surface area contributed by atoms with Gasteiger partial charge in [-0.1, -0.05) is 72.8 Å². The van der Waals surface area contributed by atoms with Crippen molar-refractivity contribution >= 4 is 17.7 Å². The Bertz CT molecular complexity index is 2250. The van der Waals surface area contributed by atoms with Gasteiger partial charge in [0.15, 0.2) is 0 Å². The van der Waals surface area contributed by atoms with Crippen molar-refractivity contribution < 1.29 is 38.8 Å². The molecule has 7 rings (SSSR count). The molecule has 0 radical (unpaired) electrons. The number of aromatic nitrogens is 4. The number of ketones is 1. The molecule has 6 aromatic rings. The molecule has 1 aromatic heterocycles. The monoisotopic (exact) mass is 739 g/mol. The van der Waals surface area contributed by atoms with Gasteiger partial charge in [0.25, 0.3) is 5.91 Å². The van der Waals surface area contributed by atoms with E-state index in [9.17, 15) is 24.6 Å². The molecule has 13 heteroatoms. The van der Waals surface area contributed by atoms with E-state index in [0.29, 0.717) is 24.8 Å². The summed E-state index contributed by atoms with van der Waals surface area (Å²) in [5.41, 5.74) is 2.07. The van der Waals surface area contributed by atoms with Gasteiger partial charge in [0.2, 0.25) is 11.6 Å². The highest BCUT2D eigenvalue weighted by molar-refractivity contribution is 6.17. The van der Waals surface area contributed by atoms with Crippen LogP contribution >= 0.6 is 0 Å². The molecule has 278 valence electrons. The molecular formula is C42H37N5O8. The summed E-state index contributed by atoms with van der Waals surface area (Å²) in [4.78, 5) is 43.1. The number of benzene rings is 5. The minimum absolute atomic E-state index is 0.0104. The topological polar surface area (TPSA) is 175 Å². The second-order valence-electron chi connectivity index (χ2n) is 13.0. The third-order valence-corrected chi connectivity index (χ3v) is 9.18. The number of esters is 1. The SMILES string of the molecule is Cn1nnc(-c2cccc(O)c2C(=O)c2c(OCc3ccccc3)cc(C(=O)O[C@H]3CCC[C@@H]3NC(=O)c3ccc(O)cc3)cc2OCc2ccccc2)n1. The molecular weight excluding hydrogens is 702 g/mol. The highest BCUT2D eigenvalue weighted by Crippen LogP contribution is 2.39. The van der Waals surface area contributed by atoms with E-state index in [1.54, 1.807) is 19.2 Å². The highest BCUT2D eigenvalue weighted by Gasteiger charge is 2.34. The van der Waals surface area contributed by atoms with Crippen LogP contribution < -0.4 is 14.8 Å². The molecule has 1 heterocycles. The minimum atomic E-state index is -0.712. The van der Waals surface area contributed by atoms with Crippen LogP contribution in [0, 0.1) is 0 Å². The van der Waals surface area contributed by atoms with Crippen molar-refractivity contribution in [1.29, 1.82) is 0 Å². The second kappa shape index (κ2) is 16.3. The summed E-state index contributed by atoms with van der Waals surface area (Å²) in [6.45, 7) is 0.0656. The van der Waals surface area contributed by atoms with Crippen LogP contribution in [0.2, 0.25) is 0 Å². The lowest BCUT2D eigenvalue weighted by Gasteiger charge is -2.22. The number of nitrogens with zero attached hydrogens (tertiary/aromatic N) is 4. The van der Waals surface area contributed by atoms with E-state index in [4.69, 9.17) is 14.2 Å². The normalized spacial score (nSPS) is 14.9. The number of aromatic hydroxyl groups is 2. The molecule has 1 aliphatic carbocycles. The Morgan fingerprint density at radius 1 is 0.764 bits per heavy atom. The lowest BCUT2D eigenvalue weighted by atomic mass is 9.94. The summed E-state index contributed by atoms with van der Waals surface area (Å²) in [6.07, 6.45) is 1.19. The average Bonchev–Trinajstić information content (AvgIpc) is 3.84. The number of aryl methyl sites for hydroxylation is 1. The van der Waals surface area contributed by atoms with Gasteiger partial charge in [0.05, 0.1) is 24.2 Å². The van der Waals surface area contributed by atoms with E-state index >= 15 is 0 Å². The molecule has 13 nitrogen and oxygen atoms in total. The van der Waals surface area contributed by atoms with Crippen LogP contribution in [0.4, 0.5) is 0 Å². The molecule has 0 aliphatic heterocycles. The van der Waals surface area contributed by atoms with Gasteiger partial charge in [-0.15, -0.1) is 10.2 Å². The van der Waals surface area contributed by atoms with E-state index in [1.165, 1.54) is 47.3 Å². The van der Waals surface area contributed by atoms with E-state index in [-0.39, 0.29) is 70.2 Å². The summed E-state index contributed by atoms with van der Waals surface area (Å²) < 4.78 is 18.7. The quantitative estimate of drug-likeness (QED) is 0.0911. The number of hydrogen-bond acceptors (Lipinski definition) is 11. The Balaban J connectivity index is 1.27. The predicted octanol–water partition coefficient (Wildman–Crippen LogP) is 6.19. The summed E-state index contributed by atoms with van der Waals surface area (Å²) in [7, 11) is 1.58. The lowest BCUT2D eigenvalue weighted by molar-refractivity contribution is 0.0249. The fourth-order valence-electron chi connectivity index (χ4n) is 6.41. The van der Waals surface area contributed by atoms with Gasteiger partial charge in [-0.25, -0.2) is 4.79 Å². The third kappa shape index (κ3) is 8.46. The van der Waals surface area contributed by atoms with Gasteiger partial charge in [0, 0.05) is 11.1 Å². The average molecular weight is 740 g/mol. The molecule has 0 spiro atoms. The molecule has 3 N–H and O–H groups in total. The number of carbonyl (C=O) groups is 3. The van der Waals surface area contributed by atoms with E-state index in [2.05, 4.69) is 20.7 Å². The largest absolute Gasteiger partial charge is 0.508 e. The van der Waals surface area contributed by atoms with E-state index in [0.717, 1.165) is 11.1 Å². The van der Waals surface area contributed by atoms with Crippen LogP contribution in [-0.2, 0) is 25.0 Å². The minimum Gasteiger partial charge on any atom is -0.508 e. The van der Waals surface area contributed by atoms with E-state index < -0.39 is 23.9 Å². The molecule has 1 aliphatic rings. The number of amides is 1. The van der Waals surface area contributed by atoms with Gasteiger partial charge in [0.1, 0.15) is 47.9 Å². The number of nitrogens with one attached hydrogen (secondary N) is 1. The summed E-state index contributed by atoms with van der Waals surface area (Å²) in [5, 5.41) is 36.0. The molecule has 0 bridgehead atoms. The zero-order valence-electron chi connectivity index (χ0n) is 29.8. The Morgan fingerprint density at radius 2 is 1.40 bits per heavy atom. The maximum absolute atomic E-state index is 14.8. The molecule has 0 saturated heterocycles. The van der Waals surface area contributed by atoms with Gasteiger partial charge in [-0.2, -0.15) is 4.80 Å². The van der Waals surface area contributed by atoms with Crippen molar-refractivity contribution in [2.75, 3.05) is 0 Å². The first-order valence-electron chi connectivity index (χ1n) is 17.7. The first-order chi connectivity index (χ1) is 26.7.